The maximum absolute atomic E-state index is 11.3. The number of hydrogen-bond acceptors (Lipinski definition) is 2. The van der Waals surface area contributed by atoms with Gasteiger partial charge in [-0.2, -0.15) is 0 Å². The number of rotatable bonds is 0. The first kappa shape index (κ1) is 9.99. The van der Waals surface area contributed by atoms with Crippen LogP contribution in [0.2, 0.25) is 0 Å². The Hall–Kier alpha value is -2.54. The van der Waals surface area contributed by atoms with Gasteiger partial charge in [-0.15, -0.1) is 0 Å². The summed E-state index contributed by atoms with van der Waals surface area (Å²) in [6, 6.07) is 6.56. The summed E-state index contributed by atoms with van der Waals surface area (Å²) in [4.78, 5) is 27.6. The molecule has 0 saturated carbocycles. The predicted octanol–water partition coefficient (Wildman–Crippen LogP) is 0.463. The molecule has 4 heteroatoms. The Morgan fingerprint density at radius 1 is 0.812 bits per heavy atom. The van der Waals surface area contributed by atoms with E-state index >= 15 is 0 Å². The van der Waals surface area contributed by atoms with Gasteiger partial charge in [-0.1, -0.05) is 11.8 Å². The first-order valence-electron chi connectivity index (χ1n) is 4.65. The fourth-order valence-corrected chi connectivity index (χ4v) is 1.17. The van der Waals surface area contributed by atoms with Gasteiger partial charge in [0.05, 0.1) is 11.1 Å². The Labute approximate surface area is 91.0 Å². The molecule has 0 bridgehead atoms. The average molecular weight is 212 g/mol. The number of aromatic amines is 2. The van der Waals surface area contributed by atoms with E-state index in [0.29, 0.717) is 11.1 Å². The third-order valence-corrected chi connectivity index (χ3v) is 1.97. The van der Waals surface area contributed by atoms with Crippen molar-refractivity contribution in [3.05, 3.63) is 68.5 Å². The second kappa shape index (κ2) is 4.32. The molecule has 2 aromatic rings. The van der Waals surface area contributed by atoms with Crippen molar-refractivity contribution in [1.29, 1.82) is 0 Å². The van der Waals surface area contributed by atoms with Crippen LogP contribution >= 0.6 is 0 Å². The third kappa shape index (κ3) is 2.10. The zero-order valence-electron chi connectivity index (χ0n) is 8.28. The van der Waals surface area contributed by atoms with Crippen LogP contribution in [-0.2, 0) is 0 Å². The molecule has 0 saturated heterocycles. The highest BCUT2D eigenvalue weighted by Gasteiger charge is 1.94. The van der Waals surface area contributed by atoms with E-state index < -0.39 is 0 Å². The summed E-state index contributed by atoms with van der Waals surface area (Å²) < 4.78 is 0. The van der Waals surface area contributed by atoms with Gasteiger partial charge in [-0.3, -0.25) is 9.59 Å². The van der Waals surface area contributed by atoms with Crippen LogP contribution in [0.25, 0.3) is 0 Å². The van der Waals surface area contributed by atoms with E-state index in [1.807, 2.05) is 0 Å². The molecule has 0 amide bonds. The number of hydrogen-bond donors (Lipinski definition) is 2. The van der Waals surface area contributed by atoms with E-state index in [1.165, 1.54) is 12.4 Å². The Kier molecular flexibility index (Phi) is 2.70. The Balaban J connectivity index is 2.44. The monoisotopic (exact) mass is 212 g/mol. The maximum Gasteiger partial charge on any atom is 0.263 e. The van der Waals surface area contributed by atoms with Crippen LogP contribution in [0.5, 0.6) is 0 Å². The molecule has 2 aromatic heterocycles. The summed E-state index contributed by atoms with van der Waals surface area (Å²) in [6.07, 6.45) is 3.06. The zero-order valence-corrected chi connectivity index (χ0v) is 8.28. The van der Waals surface area contributed by atoms with E-state index in [1.54, 1.807) is 24.3 Å². The van der Waals surface area contributed by atoms with Crippen molar-refractivity contribution in [2.75, 3.05) is 0 Å². The lowest BCUT2D eigenvalue weighted by atomic mass is 10.2. The normalized spacial score (nSPS) is 9.25. The fraction of sp³-hybridized carbons (Fsp3) is 0. The third-order valence-electron chi connectivity index (χ3n) is 1.97. The van der Waals surface area contributed by atoms with Gasteiger partial charge in [-0.25, -0.2) is 0 Å². The topological polar surface area (TPSA) is 65.7 Å². The lowest BCUT2D eigenvalue weighted by Crippen LogP contribution is -2.09. The summed E-state index contributed by atoms with van der Waals surface area (Å²) in [7, 11) is 0. The van der Waals surface area contributed by atoms with Crippen LogP contribution < -0.4 is 11.1 Å². The number of aromatic nitrogens is 2. The Morgan fingerprint density at radius 2 is 1.25 bits per heavy atom. The smallest absolute Gasteiger partial charge is 0.263 e. The summed E-state index contributed by atoms with van der Waals surface area (Å²) in [6.45, 7) is 0. The molecule has 0 unspecified atom stereocenters. The van der Waals surface area contributed by atoms with Crippen LogP contribution in [0.1, 0.15) is 11.1 Å². The number of H-pyrrole nitrogens is 2. The van der Waals surface area contributed by atoms with Gasteiger partial charge >= 0.3 is 0 Å². The van der Waals surface area contributed by atoms with Gasteiger partial charge < -0.3 is 9.97 Å². The van der Waals surface area contributed by atoms with Crippen molar-refractivity contribution < 1.29 is 0 Å². The van der Waals surface area contributed by atoms with E-state index in [2.05, 4.69) is 21.8 Å². The van der Waals surface area contributed by atoms with Crippen molar-refractivity contribution in [2.45, 2.75) is 0 Å². The summed E-state index contributed by atoms with van der Waals surface area (Å²) in [5.74, 6) is 5.31. The van der Waals surface area contributed by atoms with Gasteiger partial charge in [-0.05, 0) is 24.3 Å². The van der Waals surface area contributed by atoms with Crippen LogP contribution in [0.3, 0.4) is 0 Å². The Morgan fingerprint density at radius 3 is 1.62 bits per heavy atom. The van der Waals surface area contributed by atoms with E-state index in [4.69, 9.17) is 0 Å². The van der Waals surface area contributed by atoms with Gasteiger partial charge in [0.1, 0.15) is 0 Å². The molecule has 0 aliphatic carbocycles. The molecule has 2 N–H and O–H groups in total. The highest BCUT2D eigenvalue weighted by Crippen LogP contribution is 1.88. The maximum atomic E-state index is 11.3. The molecule has 16 heavy (non-hydrogen) atoms. The SMILES string of the molecule is O=c1[nH]cccc1C#Cc1ccc[nH]c1=O. The standard InChI is InChI=1S/C12H8N2O2/c15-11-9(3-1-7-13-11)5-6-10-4-2-8-14-12(10)16/h1-4,7-8H,(H,13,15)(H,14,16). The molecular weight excluding hydrogens is 204 g/mol. The quantitative estimate of drug-likeness (QED) is 0.623. The van der Waals surface area contributed by atoms with Gasteiger partial charge in [0, 0.05) is 12.4 Å². The van der Waals surface area contributed by atoms with Gasteiger partial charge in [0.25, 0.3) is 11.1 Å². The molecule has 2 heterocycles. The Bertz CT molecular complexity index is 614. The molecule has 78 valence electrons. The second-order valence-electron chi connectivity index (χ2n) is 3.08. The molecule has 0 radical (unpaired) electrons. The van der Waals surface area contributed by atoms with Crippen molar-refractivity contribution in [3.63, 3.8) is 0 Å². The van der Waals surface area contributed by atoms with Crippen molar-refractivity contribution in [2.24, 2.45) is 0 Å². The van der Waals surface area contributed by atoms with Crippen LogP contribution in [0.15, 0.2) is 46.2 Å². The highest BCUT2D eigenvalue weighted by molar-refractivity contribution is 5.40. The largest absolute Gasteiger partial charge is 0.328 e. The molecule has 2 rings (SSSR count). The molecule has 0 spiro atoms. The first-order valence-corrected chi connectivity index (χ1v) is 4.65. The van der Waals surface area contributed by atoms with Crippen molar-refractivity contribution in [3.8, 4) is 11.8 Å². The summed E-state index contributed by atoms with van der Waals surface area (Å²) in [5, 5.41) is 0. The van der Waals surface area contributed by atoms with Crippen LogP contribution in [-0.4, -0.2) is 9.97 Å². The second-order valence-corrected chi connectivity index (χ2v) is 3.08. The van der Waals surface area contributed by atoms with Crippen molar-refractivity contribution in [1.82, 2.24) is 9.97 Å². The van der Waals surface area contributed by atoms with Crippen LogP contribution in [0.4, 0.5) is 0 Å². The minimum absolute atomic E-state index is 0.262. The molecule has 4 nitrogen and oxygen atoms in total. The molecule has 0 aliphatic heterocycles. The number of pyridine rings is 2. The molecule has 0 atom stereocenters. The zero-order chi connectivity index (χ0) is 11.4. The van der Waals surface area contributed by atoms with Gasteiger partial charge in [0.2, 0.25) is 0 Å². The summed E-state index contributed by atoms with van der Waals surface area (Å²) in [5.41, 5.74) is 0.154. The lowest BCUT2D eigenvalue weighted by molar-refractivity contribution is 1.22. The molecule has 0 aromatic carbocycles. The van der Waals surface area contributed by atoms with Crippen LogP contribution in [0, 0.1) is 11.8 Å². The minimum atomic E-state index is -0.262. The average Bonchev–Trinajstić information content (AvgIpc) is 2.30. The van der Waals surface area contributed by atoms with E-state index in [-0.39, 0.29) is 11.1 Å². The first-order chi connectivity index (χ1) is 7.77. The molecule has 0 aliphatic rings. The van der Waals surface area contributed by atoms with Crippen molar-refractivity contribution >= 4 is 0 Å². The molecular formula is C12H8N2O2. The molecule has 0 fully saturated rings. The highest BCUT2D eigenvalue weighted by atomic mass is 16.1. The van der Waals surface area contributed by atoms with E-state index in [9.17, 15) is 9.59 Å². The van der Waals surface area contributed by atoms with E-state index in [0.717, 1.165) is 0 Å². The summed E-state index contributed by atoms with van der Waals surface area (Å²) >= 11 is 0. The minimum Gasteiger partial charge on any atom is -0.328 e. The number of nitrogens with one attached hydrogen (secondary N) is 2. The van der Waals surface area contributed by atoms with Gasteiger partial charge in [0.15, 0.2) is 0 Å². The fourth-order valence-electron chi connectivity index (χ4n) is 1.17. The lowest BCUT2D eigenvalue weighted by Gasteiger charge is -1.88. The predicted molar refractivity (Wildman–Crippen MR) is 60.1 cm³/mol.